The first-order valence-corrected chi connectivity index (χ1v) is 6.40. The molecule has 0 radical (unpaired) electrons. The molecule has 0 unspecified atom stereocenters. The van der Waals surface area contributed by atoms with E-state index in [1.807, 2.05) is 4.90 Å². The molecule has 20 heavy (non-hydrogen) atoms. The van der Waals surface area contributed by atoms with Gasteiger partial charge in [-0.3, -0.25) is 15.0 Å². The number of nitrogens with zero attached hydrogens (tertiary/aromatic N) is 5. The molecule has 1 aromatic heterocycles. The van der Waals surface area contributed by atoms with Gasteiger partial charge in [0.1, 0.15) is 6.33 Å². The van der Waals surface area contributed by atoms with E-state index in [0.717, 1.165) is 6.42 Å². The normalized spacial score (nSPS) is 16.8. The van der Waals surface area contributed by atoms with Crippen molar-refractivity contribution in [1.29, 1.82) is 0 Å². The van der Waals surface area contributed by atoms with Crippen molar-refractivity contribution in [2.24, 2.45) is 7.05 Å². The van der Waals surface area contributed by atoms with E-state index < -0.39 is 5.97 Å². The van der Waals surface area contributed by atoms with Crippen LogP contribution >= 0.6 is 0 Å². The van der Waals surface area contributed by atoms with Gasteiger partial charge in [0.15, 0.2) is 0 Å². The van der Waals surface area contributed by atoms with Crippen LogP contribution in [0.3, 0.4) is 0 Å². The first kappa shape index (κ1) is 14.3. The number of carboxylic acid groups (broad SMARTS) is 1. The summed E-state index contributed by atoms with van der Waals surface area (Å²) in [6.07, 6.45) is 2.12. The molecule has 0 aromatic carbocycles. The Kier molecular flexibility index (Phi) is 4.51. The Balaban J connectivity index is 1.88. The summed E-state index contributed by atoms with van der Waals surface area (Å²) in [5.41, 5.74) is 0. The van der Waals surface area contributed by atoms with Crippen LogP contribution in [-0.2, 0) is 11.8 Å². The molecule has 2 amide bonds. The van der Waals surface area contributed by atoms with Crippen LogP contribution in [0.25, 0.3) is 0 Å². The van der Waals surface area contributed by atoms with Crippen molar-refractivity contribution in [3.05, 3.63) is 6.33 Å². The van der Waals surface area contributed by atoms with Crippen molar-refractivity contribution in [3.8, 4) is 0 Å². The molecule has 0 aliphatic carbocycles. The van der Waals surface area contributed by atoms with E-state index in [9.17, 15) is 9.59 Å². The second-order valence-electron chi connectivity index (χ2n) is 4.65. The Morgan fingerprint density at radius 1 is 1.35 bits per heavy atom. The number of hydrogen-bond donors (Lipinski definition) is 2. The Bertz CT molecular complexity index is 488. The number of urea groups is 1. The van der Waals surface area contributed by atoms with Crippen LogP contribution < -0.4 is 5.32 Å². The number of hydrogen-bond acceptors (Lipinski definition) is 5. The number of aromatic nitrogens is 3. The zero-order valence-electron chi connectivity index (χ0n) is 11.3. The highest BCUT2D eigenvalue weighted by Crippen LogP contribution is 2.06. The molecule has 1 aliphatic rings. The lowest BCUT2D eigenvalue weighted by Gasteiger charge is -2.21. The van der Waals surface area contributed by atoms with Crippen LogP contribution in [0.5, 0.6) is 0 Å². The van der Waals surface area contributed by atoms with E-state index in [2.05, 4.69) is 15.4 Å². The van der Waals surface area contributed by atoms with E-state index in [1.54, 1.807) is 11.9 Å². The van der Waals surface area contributed by atoms with E-state index in [1.165, 1.54) is 11.0 Å². The fourth-order valence-electron chi connectivity index (χ4n) is 2.11. The smallest absolute Gasteiger partial charge is 0.324 e. The largest absolute Gasteiger partial charge is 0.480 e. The summed E-state index contributed by atoms with van der Waals surface area (Å²) in [5, 5.41) is 15.3. The zero-order chi connectivity index (χ0) is 14.5. The van der Waals surface area contributed by atoms with Gasteiger partial charge in [-0.25, -0.2) is 9.48 Å². The van der Waals surface area contributed by atoms with Gasteiger partial charge in [0, 0.05) is 33.2 Å². The monoisotopic (exact) mass is 282 g/mol. The summed E-state index contributed by atoms with van der Waals surface area (Å²) >= 11 is 0. The highest BCUT2D eigenvalue weighted by atomic mass is 16.4. The van der Waals surface area contributed by atoms with Gasteiger partial charge in [-0.1, -0.05) is 0 Å². The van der Waals surface area contributed by atoms with E-state index in [-0.39, 0.29) is 12.6 Å². The maximum absolute atomic E-state index is 12.1. The summed E-state index contributed by atoms with van der Waals surface area (Å²) < 4.78 is 1.48. The summed E-state index contributed by atoms with van der Waals surface area (Å²) in [7, 11) is 1.69. The SMILES string of the molecule is Cn1ncnc1NC(=O)N1CCCN(CC(=O)O)CC1. The summed E-state index contributed by atoms with van der Waals surface area (Å²) in [5.74, 6) is -0.455. The molecule has 9 nitrogen and oxygen atoms in total. The predicted octanol–water partition coefficient (Wildman–Crippen LogP) is -0.561. The molecule has 0 atom stereocenters. The minimum absolute atomic E-state index is 0.0126. The van der Waals surface area contributed by atoms with Crippen LogP contribution in [0.4, 0.5) is 10.7 Å². The molecular formula is C11H18N6O3. The second kappa shape index (κ2) is 6.33. The van der Waals surface area contributed by atoms with E-state index >= 15 is 0 Å². The molecule has 0 bridgehead atoms. The van der Waals surface area contributed by atoms with E-state index in [0.29, 0.717) is 32.1 Å². The second-order valence-corrected chi connectivity index (χ2v) is 4.65. The van der Waals surface area contributed by atoms with Gasteiger partial charge in [0.25, 0.3) is 0 Å². The van der Waals surface area contributed by atoms with Gasteiger partial charge in [-0.05, 0) is 6.42 Å². The average molecular weight is 282 g/mol. The molecule has 0 spiro atoms. The molecule has 110 valence electrons. The zero-order valence-corrected chi connectivity index (χ0v) is 11.3. The van der Waals surface area contributed by atoms with Crippen LogP contribution in [0.15, 0.2) is 6.33 Å². The third-order valence-electron chi connectivity index (χ3n) is 3.16. The quantitative estimate of drug-likeness (QED) is 0.770. The van der Waals surface area contributed by atoms with Gasteiger partial charge in [0.2, 0.25) is 5.95 Å². The maximum atomic E-state index is 12.1. The number of carboxylic acids is 1. The van der Waals surface area contributed by atoms with Crippen molar-refractivity contribution < 1.29 is 14.7 Å². The minimum atomic E-state index is -0.845. The van der Waals surface area contributed by atoms with Gasteiger partial charge >= 0.3 is 12.0 Å². The van der Waals surface area contributed by atoms with Crippen LogP contribution in [0.2, 0.25) is 0 Å². The van der Waals surface area contributed by atoms with Gasteiger partial charge in [0.05, 0.1) is 6.54 Å². The third-order valence-corrected chi connectivity index (χ3v) is 3.16. The van der Waals surface area contributed by atoms with Crippen molar-refractivity contribution in [2.75, 3.05) is 38.0 Å². The van der Waals surface area contributed by atoms with Crippen LogP contribution in [0, 0.1) is 0 Å². The minimum Gasteiger partial charge on any atom is -0.480 e. The van der Waals surface area contributed by atoms with Gasteiger partial charge in [-0.15, -0.1) is 0 Å². The van der Waals surface area contributed by atoms with Crippen LogP contribution in [0.1, 0.15) is 6.42 Å². The number of aliphatic carboxylic acids is 1. The predicted molar refractivity (Wildman–Crippen MR) is 70.3 cm³/mol. The van der Waals surface area contributed by atoms with Crippen molar-refractivity contribution in [1.82, 2.24) is 24.6 Å². The number of carbonyl (C=O) groups excluding carboxylic acids is 1. The fourth-order valence-corrected chi connectivity index (χ4v) is 2.11. The molecule has 1 aromatic rings. The maximum Gasteiger partial charge on any atom is 0.324 e. The van der Waals surface area contributed by atoms with E-state index in [4.69, 9.17) is 5.11 Å². The summed E-state index contributed by atoms with van der Waals surface area (Å²) in [6, 6.07) is -0.238. The first-order chi connectivity index (χ1) is 9.56. The number of anilines is 1. The van der Waals surface area contributed by atoms with Crippen molar-refractivity contribution in [2.45, 2.75) is 6.42 Å². The number of amides is 2. The number of rotatable bonds is 3. The molecule has 1 fully saturated rings. The molecule has 2 heterocycles. The average Bonchev–Trinajstić information content (AvgIpc) is 2.64. The highest BCUT2D eigenvalue weighted by Gasteiger charge is 2.21. The van der Waals surface area contributed by atoms with Gasteiger partial charge in [-0.2, -0.15) is 10.1 Å². The molecule has 9 heteroatoms. The lowest BCUT2D eigenvalue weighted by atomic mass is 10.4. The molecular weight excluding hydrogens is 264 g/mol. The summed E-state index contributed by atoms with van der Waals surface area (Å²) in [6.45, 7) is 2.34. The molecule has 1 saturated heterocycles. The lowest BCUT2D eigenvalue weighted by molar-refractivity contribution is -0.138. The summed E-state index contributed by atoms with van der Waals surface area (Å²) in [4.78, 5) is 30.2. The Hall–Kier alpha value is -2.16. The topological polar surface area (TPSA) is 104 Å². The standard InChI is InChI=1S/C11H18N6O3/c1-15-10(12-8-13-15)14-11(20)17-4-2-3-16(5-6-17)7-9(18)19/h8H,2-7H2,1H3,(H,18,19)(H,12,13,14,20). The first-order valence-electron chi connectivity index (χ1n) is 6.40. The lowest BCUT2D eigenvalue weighted by Crippen LogP contribution is -2.39. The molecule has 1 aliphatic heterocycles. The fraction of sp³-hybridized carbons (Fsp3) is 0.636. The Morgan fingerprint density at radius 2 is 2.15 bits per heavy atom. The highest BCUT2D eigenvalue weighted by molar-refractivity contribution is 5.87. The molecule has 2 rings (SSSR count). The number of nitrogens with one attached hydrogen (secondary N) is 1. The molecule has 2 N–H and O–H groups in total. The number of carbonyl (C=O) groups is 2. The Morgan fingerprint density at radius 3 is 2.80 bits per heavy atom. The third kappa shape index (κ3) is 3.67. The van der Waals surface area contributed by atoms with Crippen molar-refractivity contribution >= 4 is 17.9 Å². The van der Waals surface area contributed by atoms with Crippen LogP contribution in [-0.4, -0.2) is 74.4 Å². The van der Waals surface area contributed by atoms with Crippen molar-refractivity contribution in [3.63, 3.8) is 0 Å². The Labute approximate surface area is 116 Å². The van der Waals surface area contributed by atoms with Gasteiger partial charge < -0.3 is 10.0 Å². The molecule has 0 saturated carbocycles. The number of aryl methyl sites for hydroxylation is 1.